The minimum Gasteiger partial charge on any atom is -0.478 e. The number of aryl methyl sites for hydroxylation is 2. The maximum Gasteiger partial charge on any atom is 0.336 e. The summed E-state index contributed by atoms with van der Waals surface area (Å²) in [5.74, 6) is -0.941. The summed E-state index contributed by atoms with van der Waals surface area (Å²) in [6, 6.07) is 8.91. The van der Waals surface area contributed by atoms with Crippen LogP contribution in [0.4, 0.5) is 0 Å². The Bertz CT molecular complexity index is 824. The molecule has 3 aromatic rings. The number of nitrogens with zero attached hydrogens (tertiary/aromatic N) is 2. The van der Waals surface area contributed by atoms with Gasteiger partial charge in [0.05, 0.1) is 32.4 Å². The van der Waals surface area contributed by atoms with Gasteiger partial charge in [-0.3, -0.25) is 0 Å². The molecule has 1 N–H and O–H groups in total. The molecule has 0 saturated carbocycles. The zero-order valence-corrected chi connectivity index (χ0v) is 11.9. The Balaban J connectivity index is 2.32. The van der Waals surface area contributed by atoms with Gasteiger partial charge in [-0.05, 0) is 26.0 Å². The molecule has 3 rings (SSSR count). The molecule has 0 aliphatic heterocycles. The number of rotatable bonds is 2. The lowest BCUT2D eigenvalue weighted by molar-refractivity contribution is 0.0699. The highest BCUT2D eigenvalue weighted by Crippen LogP contribution is 2.31. The lowest BCUT2D eigenvalue weighted by atomic mass is 10.1. The molecule has 0 atom stereocenters. The van der Waals surface area contributed by atoms with Crippen LogP contribution in [0.5, 0.6) is 0 Å². The molecule has 0 unspecified atom stereocenters. The van der Waals surface area contributed by atoms with Crippen molar-refractivity contribution in [3.8, 4) is 10.6 Å². The predicted octanol–water partition coefficient (Wildman–Crippen LogP) is 3.67. The minimum atomic E-state index is -0.941. The summed E-state index contributed by atoms with van der Waals surface area (Å²) in [5.41, 5.74) is 2.51. The highest BCUT2D eigenvalue weighted by atomic mass is 32.1. The maximum absolute atomic E-state index is 11.4. The van der Waals surface area contributed by atoms with Crippen LogP contribution >= 0.6 is 11.3 Å². The Morgan fingerprint density at radius 3 is 2.60 bits per heavy atom. The zero-order chi connectivity index (χ0) is 14.3. The van der Waals surface area contributed by atoms with Gasteiger partial charge in [0, 0.05) is 5.39 Å². The summed E-state index contributed by atoms with van der Waals surface area (Å²) in [6.07, 6.45) is 0. The van der Waals surface area contributed by atoms with Crippen LogP contribution < -0.4 is 0 Å². The molecule has 0 radical (unpaired) electrons. The summed E-state index contributed by atoms with van der Waals surface area (Å²) in [5, 5.41) is 11.0. The molecule has 20 heavy (non-hydrogen) atoms. The molecule has 0 amide bonds. The number of carboxylic acids is 1. The van der Waals surface area contributed by atoms with E-state index in [-0.39, 0.29) is 5.56 Å². The van der Waals surface area contributed by atoms with Crippen molar-refractivity contribution in [2.75, 3.05) is 0 Å². The van der Waals surface area contributed by atoms with E-state index in [0.717, 1.165) is 15.6 Å². The number of fused-ring (bicyclic) bond motifs is 1. The van der Waals surface area contributed by atoms with E-state index in [9.17, 15) is 9.90 Å². The number of aromatic carboxylic acids is 1. The Morgan fingerprint density at radius 2 is 1.95 bits per heavy atom. The number of carbonyl (C=O) groups is 1. The van der Waals surface area contributed by atoms with Crippen LogP contribution in [-0.2, 0) is 0 Å². The Kier molecular flexibility index (Phi) is 2.99. The monoisotopic (exact) mass is 284 g/mol. The van der Waals surface area contributed by atoms with E-state index in [2.05, 4.69) is 9.97 Å². The van der Waals surface area contributed by atoms with Gasteiger partial charge < -0.3 is 5.11 Å². The molecule has 1 aromatic carbocycles. The third kappa shape index (κ3) is 2.06. The first-order chi connectivity index (χ1) is 9.56. The number of pyridine rings is 1. The molecular weight excluding hydrogens is 272 g/mol. The van der Waals surface area contributed by atoms with E-state index in [1.807, 2.05) is 32.0 Å². The van der Waals surface area contributed by atoms with Crippen LogP contribution in [-0.4, -0.2) is 21.0 Å². The van der Waals surface area contributed by atoms with E-state index in [1.165, 1.54) is 11.3 Å². The molecule has 5 heteroatoms. The molecule has 0 bridgehead atoms. The summed E-state index contributed by atoms with van der Waals surface area (Å²) >= 11 is 1.53. The van der Waals surface area contributed by atoms with Crippen LogP contribution in [0.2, 0.25) is 0 Å². The van der Waals surface area contributed by atoms with Gasteiger partial charge in [0.1, 0.15) is 0 Å². The number of aromatic nitrogens is 2. The third-order valence-corrected chi connectivity index (χ3v) is 4.18. The Hall–Kier alpha value is -2.27. The average molecular weight is 284 g/mol. The van der Waals surface area contributed by atoms with E-state index < -0.39 is 5.97 Å². The number of thiazole rings is 1. The smallest absolute Gasteiger partial charge is 0.336 e. The van der Waals surface area contributed by atoms with E-state index in [1.54, 1.807) is 12.1 Å². The van der Waals surface area contributed by atoms with Crippen molar-refractivity contribution in [1.82, 2.24) is 9.97 Å². The van der Waals surface area contributed by atoms with Crippen molar-refractivity contribution in [3.05, 3.63) is 46.6 Å². The van der Waals surface area contributed by atoms with Crippen LogP contribution in [0.15, 0.2) is 30.3 Å². The molecule has 100 valence electrons. The molecule has 0 spiro atoms. The summed E-state index contributed by atoms with van der Waals surface area (Å²) in [6.45, 7) is 3.84. The first kappa shape index (κ1) is 12.7. The molecule has 0 aliphatic rings. The van der Waals surface area contributed by atoms with Crippen LogP contribution in [0.1, 0.15) is 21.1 Å². The van der Waals surface area contributed by atoms with E-state index in [4.69, 9.17) is 0 Å². The van der Waals surface area contributed by atoms with Gasteiger partial charge in [-0.25, -0.2) is 14.8 Å². The lowest BCUT2D eigenvalue weighted by Gasteiger charge is -2.05. The van der Waals surface area contributed by atoms with Crippen LogP contribution in [0, 0.1) is 13.8 Å². The molecular formula is C15H12N2O2S. The molecule has 2 aromatic heterocycles. The van der Waals surface area contributed by atoms with E-state index in [0.29, 0.717) is 16.6 Å². The van der Waals surface area contributed by atoms with Crippen LogP contribution in [0.3, 0.4) is 0 Å². The maximum atomic E-state index is 11.4. The largest absolute Gasteiger partial charge is 0.478 e. The van der Waals surface area contributed by atoms with Gasteiger partial charge in [0.2, 0.25) is 0 Å². The zero-order valence-electron chi connectivity index (χ0n) is 11.0. The predicted molar refractivity (Wildman–Crippen MR) is 79.3 cm³/mol. The fraction of sp³-hybridized carbons (Fsp3) is 0.133. The number of benzene rings is 1. The van der Waals surface area contributed by atoms with Crippen molar-refractivity contribution < 1.29 is 9.90 Å². The first-order valence-corrected chi connectivity index (χ1v) is 6.95. The van der Waals surface area contributed by atoms with Crippen molar-refractivity contribution in [2.24, 2.45) is 0 Å². The second-order valence-electron chi connectivity index (χ2n) is 4.52. The van der Waals surface area contributed by atoms with Crippen molar-refractivity contribution >= 4 is 28.2 Å². The molecule has 0 saturated heterocycles. The Labute approximate surface area is 119 Å². The minimum absolute atomic E-state index is 0.274. The van der Waals surface area contributed by atoms with Crippen molar-refractivity contribution in [2.45, 2.75) is 13.8 Å². The van der Waals surface area contributed by atoms with Gasteiger partial charge in [-0.2, -0.15) is 0 Å². The van der Waals surface area contributed by atoms with Gasteiger partial charge >= 0.3 is 5.97 Å². The fourth-order valence-electron chi connectivity index (χ4n) is 2.24. The standard InChI is InChI=1S/C15H12N2O2S/c1-8-14(20-9(2)16-8)13-7-11(15(18)19)10-5-3-4-6-12(10)17-13/h3-7H,1-2H3,(H,18,19). The van der Waals surface area contributed by atoms with Gasteiger partial charge in [-0.15, -0.1) is 11.3 Å². The average Bonchev–Trinajstić information content (AvgIpc) is 2.76. The first-order valence-electron chi connectivity index (χ1n) is 6.14. The highest BCUT2D eigenvalue weighted by molar-refractivity contribution is 7.15. The summed E-state index contributed by atoms with van der Waals surface area (Å²) in [4.78, 5) is 21.3. The SMILES string of the molecule is Cc1nc(C)c(-c2cc(C(=O)O)c3ccccc3n2)s1. The second-order valence-corrected chi connectivity index (χ2v) is 5.73. The quantitative estimate of drug-likeness (QED) is 0.779. The lowest BCUT2D eigenvalue weighted by Crippen LogP contribution is -2.00. The molecule has 4 nitrogen and oxygen atoms in total. The van der Waals surface area contributed by atoms with Crippen molar-refractivity contribution in [3.63, 3.8) is 0 Å². The molecule has 2 heterocycles. The number of para-hydroxylation sites is 1. The van der Waals surface area contributed by atoms with Gasteiger partial charge in [-0.1, -0.05) is 18.2 Å². The summed E-state index contributed by atoms with van der Waals surface area (Å²) < 4.78 is 0. The Morgan fingerprint density at radius 1 is 1.20 bits per heavy atom. The number of hydrogen-bond acceptors (Lipinski definition) is 4. The molecule has 0 aliphatic carbocycles. The van der Waals surface area contributed by atoms with Crippen LogP contribution in [0.25, 0.3) is 21.5 Å². The number of carboxylic acid groups (broad SMARTS) is 1. The second kappa shape index (κ2) is 4.68. The number of hydrogen-bond donors (Lipinski definition) is 1. The fourth-order valence-corrected chi connectivity index (χ4v) is 3.12. The van der Waals surface area contributed by atoms with Crippen molar-refractivity contribution in [1.29, 1.82) is 0 Å². The molecule has 0 fully saturated rings. The third-order valence-electron chi connectivity index (χ3n) is 3.08. The van der Waals surface area contributed by atoms with E-state index >= 15 is 0 Å². The topological polar surface area (TPSA) is 63.1 Å². The van der Waals surface area contributed by atoms with Gasteiger partial charge in [0.25, 0.3) is 0 Å². The van der Waals surface area contributed by atoms with Gasteiger partial charge in [0.15, 0.2) is 0 Å². The highest BCUT2D eigenvalue weighted by Gasteiger charge is 2.15. The summed E-state index contributed by atoms with van der Waals surface area (Å²) in [7, 11) is 0. The normalized spacial score (nSPS) is 10.9.